The molecule has 1 saturated carbocycles. The number of nitrogens with zero attached hydrogens (tertiary/aromatic N) is 1. The quantitative estimate of drug-likeness (QED) is 0.696. The Morgan fingerprint density at radius 3 is 2.58 bits per heavy atom. The van der Waals surface area contributed by atoms with Crippen LogP contribution in [0.1, 0.15) is 62.4 Å². The summed E-state index contributed by atoms with van der Waals surface area (Å²) in [6.45, 7) is 5.20. The standard InChI is InChI=1S/C26H31N3O4/c1-4-17-9-5-8-12-20(17)28-23(30)16-29-21-15-18(24(31)27-19-10-6-7-11-19)13-14-22(21)33-26(2,3)25(29)32/h5,8-9,12-15,19H,4,6-7,10-11,16H2,1-3H3,(H,27,31)(H,28,30). The van der Waals surface area contributed by atoms with Crippen molar-refractivity contribution in [2.45, 2.75) is 64.5 Å². The van der Waals surface area contributed by atoms with E-state index in [9.17, 15) is 14.4 Å². The summed E-state index contributed by atoms with van der Waals surface area (Å²) in [7, 11) is 0. The van der Waals surface area contributed by atoms with Gasteiger partial charge in [0.05, 0.1) is 5.69 Å². The lowest BCUT2D eigenvalue weighted by Crippen LogP contribution is -2.54. The third kappa shape index (κ3) is 4.87. The number of ether oxygens (including phenoxy) is 1. The second-order valence-corrected chi connectivity index (χ2v) is 9.20. The van der Waals surface area contributed by atoms with E-state index in [2.05, 4.69) is 10.6 Å². The highest BCUT2D eigenvalue weighted by Crippen LogP contribution is 2.38. The molecule has 1 aliphatic heterocycles. The van der Waals surface area contributed by atoms with Crippen molar-refractivity contribution in [1.29, 1.82) is 0 Å². The highest BCUT2D eigenvalue weighted by Gasteiger charge is 2.42. The van der Waals surface area contributed by atoms with Crippen LogP contribution in [0.25, 0.3) is 0 Å². The lowest BCUT2D eigenvalue weighted by atomic mass is 10.0. The van der Waals surface area contributed by atoms with Gasteiger partial charge in [-0.15, -0.1) is 0 Å². The normalized spacial score (nSPS) is 17.3. The Kier molecular flexibility index (Phi) is 6.40. The van der Waals surface area contributed by atoms with Gasteiger partial charge in [0.25, 0.3) is 11.8 Å². The first-order valence-electron chi connectivity index (χ1n) is 11.6. The summed E-state index contributed by atoms with van der Waals surface area (Å²) in [6.07, 6.45) is 4.99. The minimum atomic E-state index is -1.12. The third-order valence-electron chi connectivity index (χ3n) is 6.30. The lowest BCUT2D eigenvalue weighted by molar-refractivity contribution is -0.133. The number of nitrogens with one attached hydrogen (secondary N) is 2. The maximum Gasteiger partial charge on any atom is 0.271 e. The second-order valence-electron chi connectivity index (χ2n) is 9.20. The summed E-state index contributed by atoms with van der Waals surface area (Å²) in [4.78, 5) is 40.4. The number of para-hydroxylation sites is 1. The molecule has 0 bridgehead atoms. The molecule has 1 aliphatic carbocycles. The van der Waals surface area contributed by atoms with Crippen molar-refractivity contribution in [2.24, 2.45) is 0 Å². The van der Waals surface area contributed by atoms with E-state index < -0.39 is 5.60 Å². The Hall–Kier alpha value is -3.35. The van der Waals surface area contributed by atoms with Crippen molar-refractivity contribution >= 4 is 29.1 Å². The first kappa shape index (κ1) is 22.8. The molecule has 0 spiro atoms. The monoisotopic (exact) mass is 449 g/mol. The Balaban J connectivity index is 1.58. The predicted octanol–water partition coefficient (Wildman–Crippen LogP) is 4.06. The molecule has 2 aromatic carbocycles. The van der Waals surface area contributed by atoms with Crippen molar-refractivity contribution < 1.29 is 19.1 Å². The number of hydrogen-bond donors (Lipinski definition) is 2. The maximum absolute atomic E-state index is 13.2. The molecule has 33 heavy (non-hydrogen) atoms. The largest absolute Gasteiger partial charge is 0.476 e. The molecule has 0 aromatic heterocycles. The fraction of sp³-hybridized carbons (Fsp3) is 0.423. The molecule has 4 rings (SSSR count). The van der Waals surface area contributed by atoms with Gasteiger partial charge in [-0.2, -0.15) is 0 Å². The van der Waals surface area contributed by atoms with Gasteiger partial charge in [-0.05, 0) is 62.9 Å². The predicted molar refractivity (Wildman–Crippen MR) is 128 cm³/mol. The van der Waals surface area contributed by atoms with Gasteiger partial charge in [0.2, 0.25) is 5.91 Å². The van der Waals surface area contributed by atoms with Crippen LogP contribution in [0.5, 0.6) is 5.75 Å². The van der Waals surface area contributed by atoms with Gasteiger partial charge in [0.15, 0.2) is 5.60 Å². The number of hydrogen-bond acceptors (Lipinski definition) is 4. The van der Waals surface area contributed by atoms with Gasteiger partial charge in [-0.25, -0.2) is 0 Å². The Bertz CT molecular complexity index is 1070. The SMILES string of the molecule is CCc1ccccc1NC(=O)CN1C(=O)C(C)(C)Oc2ccc(C(=O)NC3CCCC3)cc21. The smallest absolute Gasteiger partial charge is 0.271 e. The zero-order valence-electron chi connectivity index (χ0n) is 19.4. The molecule has 1 heterocycles. The van der Waals surface area contributed by atoms with E-state index in [1.54, 1.807) is 32.0 Å². The average Bonchev–Trinajstić information content (AvgIpc) is 3.30. The molecular formula is C26H31N3O4. The minimum absolute atomic E-state index is 0.176. The van der Waals surface area contributed by atoms with Gasteiger partial charge in [0, 0.05) is 17.3 Å². The molecule has 0 radical (unpaired) electrons. The number of amides is 3. The van der Waals surface area contributed by atoms with E-state index in [1.165, 1.54) is 4.90 Å². The van der Waals surface area contributed by atoms with Crippen LogP contribution in [0.4, 0.5) is 11.4 Å². The van der Waals surface area contributed by atoms with Gasteiger partial charge < -0.3 is 15.4 Å². The number of anilines is 2. The maximum atomic E-state index is 13.2. The van der Waals surface area contributed by atoms with Crippen molar-refractivity contribution in [3.63, 3.8) is 0 Å². The van der Waals surface area contributed by atoms with E-state index in [0.717, 1.165) is 43.4 Å². The molecule has 2 aliphatic rings. The van der Waals surface area contributed by atoms with Crippen molar-refractivity contribution in [3.05, 3.63) is 53.6 Å². The van der Waals surface area contributed by atoms with Gasteiger partial charge in [-0.3, -0.25) is 19.3 Å². The Morgan fingerprint density at radius 2 is 1.85 bits per heavy atom. The molecule has 1 fully saturated rings. The third-order valence-corrected chi connectivity index (χ3v) is 6.30. The van der Waals surface area contributed by atoms with E-state index in [4.69, 9.17) is 4.74 Å². The average molecular weight is 450 g/mol. The van der Waals surface area contributed by atoms with Gasteiger partial charge in [-0.1, -0.05) is 38.0 Å². The Labute approximate surface area is 194 Å². The number of aryl methyl sites for hydroxylation is 1. The van der Waals surface area contributed by atoms with Gasteiger partial charge >= 0.3 is 0 Å². The Morgan fingerprint density at radius 1 is 1.12 bits per heavy atom. The number of benzene rings is 2. The van der Waals surface area contributed by atoms with E-state index in [1.807, 2.05) is 31.2 Å². The van der Waals surface area contributed by atoms with Crippen molar-refractivity contribution in [2.75, 3.05) is 16.8 Å². The van der Waals surface area contributed by atoms with Crippen molar-refractivity contribution in [1.82, 2.24) is 5.32 Å². The summed E-state index contributed by atoms with van der Waals surface area (Å²) in [5.41, 5.74) is 1.50. The zero-order valence-corrected chi connectivity index (χ0v) is 19.4. The highest BCUT2D eigenvalue weighted by molar-refractivity contribution is 6.08. The van der Waals surface area contributed by atoms with Crippen LogP contribution in [0.2, 0.25) is 0 Å². The molecule has 0 atom stereocenters. The van der Waals surface area contributed by atoms with E-state index in [-0.39, 0.29) is 30.3 Å². The number of carbonyl (C=O) groups excluding carboxylic acids is 3. The zero-order chi connectivity index (χ0) is 23.6. The van der Waals surface area contributed by atoms with Crippen LogP contribution < -0.4 is 20.3 Å². The summed E-state index contributed by atoms with van der Waals surface area (Å²) in [5.74, 6) is -0.349. The van der Waals surface area contributed by atoms with E-state index >= 15 is 0 Å². The summed E-state index contributed by atoms with van der Waals surface area (Å²) >= 11 is 0. The molecule has 3 amide bonds. The van der Waals surface area contributed by atoms with Crippen LogP contribution in [0.15, 0.2) is 42.5 Å². The van der Waals surface area contributed by atoms with Crippen molar-refractivity contribution in [3.8, 4) is 5.75 Å². The number of carbonyl (C=O) groups is 3. The molecule has 174 valence electrons. The summed E-state index contributed by atoms with van der Waals surface area (Å²) in [5, 5.41) is 5.99. The van der Waals surface area contributed by atoms with Gasteiger partial charge in [0.1, 0.15) is 12.3 Å². The summed E-state index contributed by atoms with van der Waals surface area (Å²) < 4.78 is 5.91. The molecule has 7 nitrogen and oxygen atoms in total. The fourth-order valence-corrected chi connectivity index (χ4v) is 4.49. The van der Waals surface area contributed by atoms with Crippen LogP contribution >= 0.6 is 0 Å². The molecule has 2 aromatic rings. The topological polar surface area (TPSA) is 87.7 Å². The molecule has 0 unspecified atom stereocenters. The molecular weight excluding hydrogens is 418 g/mol. The summed E-state index contributed by atoms with van der Waals surface area (Å²) in [6, 6.07) is 12.8. The number of rotatable bonds is 6. The first-order valence-corrected chi connectivity index (χ1v) is 11.6. The first-order chi connectivity index (χ1) is 15.8. The van der Waals surface area contributed by atoms with E-state index in [0.29, 0.717) is 17.0 Å². The number of fused-ring (bicyclic) bond motifs is 1. The van der Waals surface area contributed by atoms with Crippen LogP contribution in [0, 0.1) is 0 Å². The van der Waals surface area contributed by atoms with Crippen LogP contribution in [-0.4, -0.2) is 35.9 Å². The second kappa shape index (κ2) is 9.25. The molecule has 7 heteroatoms. The fourth-order valence-electron chi connectivity index (χ4n) is 4.49. The van der Waals surface area contributed by atoms with Crippen LogP contribution in [-0.2, 0) is 16.0 Å². The molecule has 0 saturated heterocycles. The highest BCUT2D eigenvalue weighted by atomic mass is 16.5. The lowest BCUT2D eigenvalue weighted by Gasteiger charge is -2.38. The molecule has 2 N–H and O–H groups in total. The minimum Gasteiger partial charge on any atom is -0.476 e. The van der Waals surface area contributed by atoms with Crippen LogP contribution in [0.3, 0.4) is 0 Å².